The van der Waals surface area contributed by atoms with Crippen LogP contribution in [-0.2, 0) is 20.1 Å². The minimum Gasteiger partial charge on any atom is -0.393 e. The number of aliphatic hydroxyl groups excluding tert-OH is 2. The summed E-state index contributed by atoms with van der Waals surface area (Å²) in [5.74, 6) is 0.479. The number of aliphatic hydroxyl groups is 2. The number of rotatable bonds is 5. The number of fused-ring (bicyclic) bond motifs is 2. The quantitative estimate of drug-likeness (QED) is 0.231. The third kappa shape index (κ3) is 7.11. The van der Waals surface area contributed by atoms with Gasteiger partial charge in [0, 0.05) is 33.3 Å². The van der Waals surface area contributed by atoms with Crippen LogP contribution >= 0.6 is 0 Å². The van der Waals surface area contributed by atoms with Crippen LogP contribution in [0.25, 0.3) is 11.3 Å². The molecule has 3 aromatic rings. The smallest absolute Gasteiger partial charge is 0.393 e. The predicted molar refractivity (Wildman–Crippen MR) is 138 cm³/mol. The van der Waals surface area contributed by atoms with Crippen LogP contribution in [0.5, 0.6) is 0 Å². The van der Waals surface area contributed by atoms with Crippen LogP contribution in [0.4, 0.5) is 35.9 Å². The zero-order valence-corrected chi connectivity index (χ0v) is 23.9. The van der Waals surface area contributed by atoms with Crippen LogP contribution in [0, 0.1) is 17.9 Å². The van der Waals surface area contributed by atoms with Gasteiger partial charge >= 0.3 is 6.30 Å². The van der Waals surface area contributed by atoms with Crippen LogP contribution in [0.1, 0.15) is 34.1 Å². The van der Waals surface area contributed by atoms with Gasteiger partial charge in [-0.1, -0.05) is 57.5 Å². The second-order valence-corrected chi connectivity index (χ2v) is 9.51. The van der Waals surface area contributed by atoms with Crippen molar-refractivity contribution >= 4 is 22.7 Å². The molecule has 5 nitrogen and oxygen atoms in total. The van der Waals surface area contributed by atoms with Gasteiger partial charge in [-0.05, 0) is 53.5 Å². The molecule has 0 spiro atoms. The Balaban J connectivity index is 0.000000344. The number of hydrogen-bond acceptors (Lipinski definition) is 5. The van der Waals surface area contributed by atoms with Crippen LogP contribution in [0.3, 0.4) is 0 Å². The molecule has 0 amide bonds. The summed E-state index contributed by atoms with van der Waals surface area (Å²) in [7, 11) is 1.76. The fraction of sp³-hybridized carbons (Fsp3) is 0.393. The Hall–Kier alpha value is -2.45. The molecule has 2 atom stereocenters. The van der Waals surface area contributed by atoms with Crippen molar-refractivity contribution < 1.29 is 43.5 Å². The van der Waals surface area contributed by atoms with Crippen molar-refractivity contribution in [3.05, 3.63) is 66.9 Å². The Morgan fingerprint density at radius 2 is 1.43 bits per heavy atom. The first-order chi connectivity index (χ1) is 16.9. The van der Waals surface area contributed by atoms with Crippen molar-refractivity contribution in [3.8, 4) is 11.3 Å². The first-order valence-corrected chi connectivity index (χ1v) is 11.9. The van der Waals surface area contributed by atoms with Crippen molar-refractivity contribution in [2.45, 2.75) is 52.6 Å². The third-order valence-electron chi connectivity index (χ3n) is 6.21. The molecular weight excluding hydrogens is 660 g/mol. The number of para-hydroxylation sites is 2. The van der Waals surface area contributed by atoms with E-state index >= 15 is 0 Å². The zero-order valence-electron chi connectivity index (χ0n) is 21.5. The summed E-state index contributed by atoms with van der Waals surface area (Å²) in [6.07, 6.45) is -3.18. The minimum absolute atomic E-state index is 0. The Morgan fingerprint density at radius 1 is 0.865 bits per heavy atom. The van der Waals surface area contributed by atoms with Gasteiger partial charge < -0.3 is 20.1 Å². The average molecular weight is 693 g/mol. The molecule has 0 saturated heterocycles. The SMILES string of the molecule is CC(C)C(O)CC(O)C(C)C.CN1c2ccccc2N(C(F)(F)F)c2cc[c-]c(-c3ccccn3)c21.[Ir]. The first-order valence-electron chi connectivity index (χ1n) is 11.9. The zero-order chi connectivity index (χ0) is 26.6. The molecule has 0 saturated carbocycles. The topological polar surface area (TPSA) is 59.8 Å². The van der Waals surface area contributed by atoms with E-state index in [2.05, 4.69) is 11.1 Å². The van der Waals surface area contributed by atoms with Gasteiger partial charge in [0.2, 0.25) is 0 Å². The first kappa shape index (κ1) is 30.8. The van der Waals surface area contributed by atoms with Gasteiger partial charge in [0.15, 0.2) is 0 Å². The molecule has 0 fully saturated rings. The second-order valence-electron chi connectivity index (χ2n) is 9.51. The third-order valence-corrected chi connectivity index (χ3v) is 6.21. The molecule has 37 heavy (non-hydrogen) atoms. The van der Waals surface area contributed by atoms with Gasteiger partial charge in [-0.15, -0.1) is 31.4 Å². The summed E-state index contributed by atoms with van der Waals surface area (Å²) >= 11 is 0. The molecule has 1 aromatic heterocycles. The van der Waals surface area contributed by atoms with Crippen molar-refractivity contribution in [1.29, 1.82) is 0 Å². The summed E-state index contributed by atoms with van der Waals surface area (Å²) in [4.78, 5) is 6.45. The number of hydrogen-bond donors (Lipinski definition) is 2. The number of anilines is 4. The molecule has 2 N–H and O–H groups in total. The maximum atomic E-state index is 13.8. The maximum Gasteiger partial charge on any atom is 0.488 e. The summed E-state index contributed by atoms with van der Waals surface area (Å²) in [6.45, 7) is 7.82. The Morgan fingerprint density at radius 3 is 1.95 bits per heavy atom. The van der Waals surface area contributed by atoms with E-state index in [1.54, 1.807) is 54.5 Å². The van der Waals surface area contributed by atoms with Crippen LogP contribution in [-0.4, -0.2) is 40.8 Å². The number of alkyl halides is 3. The van der Waals surface area contributed by atoms with Gasteiger partial charge in [0.25, 0.3) is 0 Å². The van der Waals surface area contributed by atoms with Crippen molar-refractivity contribution in [1.82, 2.24) is 4.98 Å². The molecule has 1 aliphatic rings. The van der Waals surface area contributed by atoms with Crippen LogP contribution in [0.15, 0.2) is 60.8 Å². The Bertz CT molecular complexity index is 1130. The number of benzene rings is 2. The molecule has 4 rings (SSSR count). The molecule has 203 valence electrons. The molecular formula is C28H33F3IrN3O2-. The van der Waals surface area contributed by atoms with Crippen molar-refractivity contribution in [2.75, 3.05) is 16.8 Å². The predicted octanol–water partition coefficient (Wildman–Crippen LogP) is 6.70. The molecule has 2 unspecified atom stereocenters. The van der Waals surface area contributed by atoms with E-state index in [-0.39, 0.29) is 55.5 Å². The molecule has 0 bridgehead atoms. The Kier molecular flexibility index (Phi) is 10.7. The molecule has 2 aromatic carbocycles. The largest absolute Gasteiger partial charge is 0.488 e. The van der Waals surface area contributed by atoms with Gasteiger partial charge in [0.1, 0.15) is 0 Å². The van der Waals surface area contributed by atoms with E-state index in [4.69, 9.17) is 0 Å². The number of halogens is 3. The standard InChI is InChI=1S/C19H13F3N3.C9H20O2.Ir/c1-24-15-9-2-3-10-16(15)25(19(20,21)22)17-11-6-7-13(18(17)24)14-8-4-5-12-23-14;1-6(2)8(10)5-9(11)7(3)4;/h2-6,8-12H,1H3;6-11H,5H2,1-4H3;/q-1;;. The minimum atomic E-state index is -4.55. The molecule has 1 aliphatic heterocycles. The monoisotopic (exact) mass is 693 g/mol. The maximum absolute atomic E-state index is 13.8. The second kappa shape index (κ2) is 12.9. The van der Waals surface area contributed by atoms with E-state index in [0.29, 0.717) is 34.0 Å². The van der Waals surface area contributed by atoms with E-state index < -0.39 is 6.30 Å². The van der Waals surface area contributed by atoms with Crippen LogP contribution < -0.4 is 9.80 Å². The number of pyridine rings is 1. The van der Waals surface area contributed by atoms with Gasteiger partial charge in [-0.2, -0.15) is 0 Å². The molecule has 0 aliphatic carbocycles. The summed E-state index contributed by atoms with van der Waals surface area (Å²) in [5.41, 5.74) is 2.18. The van der Waals surface area contributed by atoms with Crippen LogP contribution in [0.2, 0.25) is 0 Å². The van der Waals surface area contributed by atoms with Crippen molar-refractivity contribution in [2.24, 2.45) is 11.8 Å². The number of nitrogens with zero attached hydrogens (tertiary/aromatic N) is 3. The van der Waals surface area contributed by atoms with Gasteiger partial charge in [-0.25, -0.2) is 0 Å². The summed E-state index contributed by atoms with van der Waals surface area (Å²) in [5, 5.41) is 18.8. The summed E-state index contributed by atoms with van der Waals surface area (Å²) in [6, 6.07) is 17.8. The summed E-state index contributed by atoms with van der Waals surface area (Å²) < 4.78 is 41.5. The van der Waals surface area contributed by atoms with E-state index in [1.165, 1.54) is 18.2 Å². The molecule has 1 radical (unpaired) electrons. The number of aromatic nitrogens is 1. The van der Waals surface area contributed by atoms with Gasteiger partial charge in [0.05, 0.1) is 23.6 Å². The van der Waals surface area contributed by atoms with E-state index in [0.717, 1.165) is 0 Å². The molecule has 9 heteroatoms. The Labute approximate surface area is 230 Å². The van der Waals surface area contributed by atoms with E-state index in [9.17, 15) is 23.4 Å². The fourth-order valence-electron chi connectivity index (χ4n) is 3.96. The van der Waals surface area contributed by atoms with Gasteiger partial charge in [-0.3, -0.25) is 4.90 Å². The normalized spacial score (nSPS) is 14.3. The van der Waals surface area contributed by atoms with E-state index in [1.807, 2.05) is 27.7 Å². The fourth-order valence-corrected chi connectivity index (χ4v) is 3.96. The average Bonchev–Trinajstić information content (AvgIpc) is 2.83. The molecule has 2 heterocycles. The van der Waals surface area contributed by atoms with Crippen molar-refractivity contribution in [3.63, 3.8) is 0 Å².